The third-order valence-corrected chi connectivity index (χ3v) is 4.79. The highest BCUT2D eigenvalue weighted by atomic mass is 16.5. The Morgan fingerprint density at radius 3 is 2.32 bits per heavy atom. The summed E-state index contributed by atoms with van der Waals surface area (Å²) < 4.78 is 16.3. The van der Waals surface area contributed by atoms with Gasteiger partial charge in [0.25, 0.3) is 5.91 Å². The van der Waals surface area contributed by atoms with Crippen molar-refractivity contribution in [3.05, 3.63) is 90.3 Å². The summed E-state index contributed by atoms with van der Waals surface area (Å²) in [6.07, 6.45) is 0.247. The summed E-state index contributed by atoms with van der Waals surface area (Å²) in [7, 11) is 0. The molecule has 1 aromatic heterocycles. The molecule has 1 amide bonds. The topological polar surface area (TPSA) is 104 Å². The van der Waals surface area contributed by atoms with Crippen LogP contribution >= 0.6 is 0 Å². The second kappa shape index (κ2) is 10.9. The lowest BCUT2D eigenvalue weighted by atomic mass is 10.1. The summed E-state index contributed by atoms with van der Waals surface area (Å²) in [5, 5.41) is 10.6. The standard InChI is InChI=1S/C26H23N3O5/c1-18-7-9-19(10-8-18)26-29-28-24(34-26)15-16-25(31)32-17-23(30)27-20-11-13-22(14-12-20)33-21-5-3-2-4-6-21/h2-14H,15-17H2,1H3,(H,27,30). The zero-order valence-electron chi connectivity index (χ0n) is 18.6. The van der Waals surface area contributed by atoms with Crippen LogP contribution < -0.4 is 10.1 Å². The van der Waals surface area contributed by atoms with E-state index in [1.807, 2.05) is 61.5 Å². The Morgan fingerprint density at radius 1 is 0.882 bits per heavy atom. The van der Waals surface area contributed by atoms with Gasteiger partial charge in [-0.25, -0.2) is 0 Å². The number of aromatic nitrogens is 2. The fourth-order valence-corrected chi connectivity index (χ4v) is 3.02. The van der Waals surface area contributed by atoms with Crippen molar-refractivity contribution in [2.24, 2.45) is 0 Å². The number of amides is 1. The van der Waals surface area contributed by atoms with Crippen LogP contribution in [0.15, 0.2) is 83.3 Å². The van der Waals surface area contributed by atoms with Crippen molar-refractivity contribution in [3.8, 4) is 23.0 Å². The quantitative estimate of drug-likeness (QED) is 0.355. The van der Waals surface area contributed by atoms with Crippen molar-refractivity contribution in [1.29, 1.82) is 0 Å². The van der Waals surface area contributed by atoms with E-state index in [2.05, 4.69) is 15.5 Å². The lowest BCUT2D eigenvalue weighted by Gasteiger charge is -2.08. The van der Waals surface area contributed by atoms with Gasteiger partial charge in [0.1, 0.15) is 11.5 Å². The van der Waals surface area contributed by atoms with E-state index in [9.17, 15) is 9.59 Å². The summed E-state index contributed by atoms with van der Waals surface area (Å²) in [5.41, 5.74) is 2.50. The van der Waals surface area contributed by atoms with Crippen LogP contribution in [-0.4, -0.2) is 28.7 Å². The van der Waals surface area contributed by atoms with E-state index in [4.69, 9.17) is 13.9 Å². The number of benzene rings is 3. The van der Waals surface area contributed by atoms with Gasteiger partial charge in [0.2, 0.25) is 11.8 Å². The van der Waals surface area contributed by atoms with Gasteiger partial charge in [-0.1, -0.05) is 35.9 Å². The van der Waals surface area contributed by atoms with E-state index < -0.39 is 11.9 Å². The summed E-state index contributed by atoms with van der Waals surface area (Å²) in [6, 6.07) is 24.0. The van der Waals surface area contributed by atoms with Gasteiger partial charge in [-0.15, -0.1) is 10.2 Å². The predicted molar refractivity (Wildman–Crippen MR) is 125 cm³/mol. The van der Waals surface area contributed by atoms with Gasteiger partial charge in [-0.2, -0.15) is 0 Å². The first-order valence-corrected chi connectivity index (χ1v) is 10.7. The first kappa shape index (κ1) is 22.7. The molecule has 0 fully saturated rings. The van der Waals surface area contributed by atoms with Crippen molar-refractivity contribution in [1.82, 2.24) is 10.2 Å². The van der Waals surface area contributed by atoms with Crippen LogP contribution in [0.2, 0.25) is 0 Å². The molecule has 0 unspecified atom stereocenters. The molecule has 34 heavy (non-hydrogen) atoms. The van der Waals surface area contributed by atoms with Crippen LogP contribution in [0, 0.1) is 6.92 Å². The lowest BCUT2D eigenvalue weighted by molar-refractivity contribution is -0.147. The second-order valence-electron chi connectivity index (χ2n) is 7.52. The average molecular weight is 457 g/mol. The second-order valence-corrected chi connectivity index (χ2v) is 7.52. The SMILES string of the molecule is Cc1ccc(-c2nnc(CCC(=O)OCC(=O)Nc3ccc(Oc4ccccc4)cc3)o2)cc1. The number of carbonyl (C=O) groups excluding carboxylic acids is 2. The third-order valence-electron chi connectivity index (χ3n) is 4.79. The Bertz CT molecular complexity index is 1240. The highest BCUT2D eigenvalue weighted by Gasteiger charge is 2.13. The molecule has 172 valence electrons. The maximum Gasteiger partial charge on any atom is 0.306 e. The van der Waals surface area contributed by atoms with Crippen LogP contribution in [0.4, 0.5) is 5.69 Å². The van der Waals surface area contributed by atoms with Gasteiger partial charge in [0, 0.05) is 17.7 Å². The zero-order chi connectivity index (χ0) is 23.8. The molecule has 0 saturated heterocycles. The first-order valence-electron chi connectivity index (χ1n) is 10.7. The van der Waals surface area contributed by atoms with Crippen molar-refractivity contribution >= 4 is 17.6 Å². The molecule has 0 saturated carbocycles. The van der Waals surface area contributed by atoms with E-state index in [-0.39, 0.29) is 19.4 Å². The summed E-state index contributed by atoms with van der Waals surface area (Å²) in [6.45, 7) is 1.60. The van der Waals surface area contributed by atoms with Crippen LogP contribution in [0.5, 0.6) is 11.5 Å². The molecule has 8 heteroatoms. The maximum absolute atomic E-state index is 12.1. The summed E-state index contributed by atoms with van der Waals surface area (Å²) >= 11 is 0. The molecule has 0 aliphatic carbocycles. The molecule has 0 radical (unpaired) electrons. The number of esters is 1. The molecule has 4 rings (SSSR count). The van der Waals surface area contributed by atoms with Crippen LogP contribution in [0.3, 0.4) is 0 Å². The van der Waals surface area contributed by atoms with E-state index >= 15 is 0 Å². The number of hydrogen-bond donors (Lipinski definition) is 1. The molecule has 0 spiro atoms. The van der Waals surface area contributed by atoms with Crippen LogP contribution in [0.1, 0.15) is 17.9 Å². The predicted octanol–water partition coefficient (Wildman–Crippen LogP) is 4.95. The minimum absolute atomic E-state index is 0.0222. The number of rotatable bonds is 9. The molecule has 0 aliphatic rings. The Balaban J connectivity index is 1.18. The number of nitrogens with zero attached hydrogens (tertiary/aromatic N) is 2. The minimum Gasteiger partial charge on any atom is -0.457 e. The molecule has 1 heterocycles. The van der Waals surface area contributed by atoms with E-state index in [0.717, 1.165) is 16.9 Å². The van der Waals surface area contributed by atoms with E-state index in [0.29, 0.717) is 23.2 Å². The smallest absolute Gasteiger partial charge is 0.306 e. The third kappa shape index (κ3) is 6.52. The molecule has 3 aromatic carbocycles. The zero-order valence-corrected chi connectivity index (χ0v) is 18.6. The number of aryl methyl sites for hydroxylation is 2. The monoisotopic (exact) mass is 457 g/mol. The van der Waals surface area contributed by atoms with Gasteiger partial charge >= 0.3 is 5.97 Å². The molecule has 1 N–H and O–H groups in total. The largest absolute Gasteiger partial charge is 0.457 e. The average Bonchev–Trinajstić information content (AvgIpc) is 3.33. The Kier molecular flexibility index (Phi) is 7.29. The Labute approximate surface area is 196 Å². The number of hydrogen-bond acceptors (Lipinski definition) is 7. The fraction of sp³-hybridized carbons (Fsp3) is 0.154. The van der Waals surface area contributed by atoms with Gasteiger partial charge in [0.05, 0.1) is 6.42 Å². The maximum atomic E-state index is 12.1. The number of ether oxygens (including phenoxy) is 2. The summed E-state index contributed by atoms with van der Waals surface area (Å²) in [5.74, 6) is 1.11. The van der Waals surface area contributed by atoms with Crippen molar-refractivity contribution < 1.29 is 23.5 Å². The number of anilines is 1. The van der Waals surface area contributed by atoms with Crippen molar-refractivity contribution in [3.63, 3.8) is 0 Å². The number of nitrogens with one attached hydrogen (secondary N) is 1. The highest BCUT2D eigenvalue weighted by molar-refractivity contribution is 5.92. The van der Waals surface area contributed by atoms with E-state index in [1.54, 1.807) is 24.3 Å². The summed E-state index contributed by atoms with van der Waals surface area (Å²) in [4.78, 5) is 24.1. The van der Waals surface area contributed by atoms with Crippen LogP contribution in [0.25, 0.3) is 11.5 Å². The minimum atomic E-state index is -0.531. The van der Waals surface area contributed by atoms with Gasteiger partial charge < -0.3 is 19.2 Å². The molecule has 0 aliphatic heterocycles. The Hall–Kier alpha value is -4.46. The lowest BCUT2D eigenvalue weighted by Crippen LogP contribution is -2.21. The molecule has 0 bridgehead atoms. The molecule has 8 nitrogen and oxygen atoms in total. The van der Waals surface area contributed by atoms with Gasteiger partial charge in [-0.3, -0.25) is 9.59 Å². The Morgan fingerprint density at radius 2 is 1.59 bits per heavy atom. The van der Waals surface area contributed by atoms with Gasteiger partial charge in [0.15, 0.2) is 6.61 Å². The van der Waals surface area contributed by atoms with E-state index in [1.165, 1.54) is 0 Å². The van der Waals surface area contributed by atoms with Crippen molar-refractivity contribution in [2.45, 2.75) is 19.8 Å². The molecular formula is C26H23N3O5. The molecule has 4 aromatic rings. The van der Waals surface area contributed by atoms with Gasteiger partial charge in [-0.05, 0) is 55.5 Å². The normalized spacial score (nSPS) is 10.5. The van der Waals surface area contributed by atoms with Crippen LogP contribution in [-0.2, 0) is 20.7 Å². The number of carbonyl (C=O) groups is 2. The number of para-hydroxylation sites is 1. The van der Waals surface area contributed by atoms with Crippen molar-refractivity contribution in [2.75, 3.05) is 11.9 Å². The fourth-order valence-electron chi connectivity index (χ4n) is 3.02. The molecular weight excluding hydrogens is 434 g/mol. The molecule has 0 atom stereocenters. The highest BCUT2D eigenvalue weighted by Crippen LogP contribution is 2.22. The first-order chi connectivity index (χ1) is 16.5.